The summed E-state index contributed by atoms with van der Waals surface area (Å²) in [6, 6.07) is 15.0. The summed E-state index contributed by atoms with van der Waals surface area (Å²) in [5.74, 6) is 0.475. The Morgan fingerprint density at radius 1 is 0.938 bits per heavy atom. The average molecular weight is 437 g/mol. The number of para-hydroxylation sites is 1. The molecule has 0 unspecified atom stereocenters. The molecule has 170 valence electrons. The zero-order chi connectivity index (χ0) is 23.3. The van der Waals surface area contributed by atoms with Crippen molar-refractivity contribution in [1.82, 2.24) is 4.90 Å². The molecule has 32 heavy (non-hydrogen) atoms. The average Bonchev–Trinajstić information content (AvgIpc) is 2.98. The molecule has 0 bridgehead atoms. The van der Waals surface area contributed by atoms with Gasteiger partial charge in [0.1, 0.15) is 11.4 Å². The van der Waals surface area contributed by atoms with E-state index in [1.807, 2.05) is 69.3 Å². The molecule has 2 aromatic carbocycles. The Morgan fingerprint density at radius 3 is 2.25 bits per heavy atom. The minimum atomic E-state index is -0.347. The van der Waals surface area contributed by atoms with Crippen LogP contribution in [-0.4, -0.2) is 42.6 Å². The monoisotopic (exact) mass is 436 g/mol. The summed E-state index contributed by atoms with van der Waals surface area (Å²) in [5, 5.41) is 3.22. The van der Waals surface area contributed by atoms with Gasteiger partial charge in [-0.05, 0) is 56.0 Å². The van der Waals surface area contributed by atoms with Gasteiger partial charge >= 0.3 is 0 Å². The zero-order valence-corrected chi connectivity index (χ0v) is 19.5. The van der Waals surface area contributed by atoms with Crippen LogP contribution in [0.5, 0.6) is 5.75 Å². The number of hydrogen-bond donors (Lipinski definition) is 1. The number of carbonyl (C=O) groups is 2. The topological polar surface area (TPSA) is 67.9 Å². The van der Waals surface area contributed by atoms with Crippen LogP contribution in [0.4, 0.5) is 5.69 Å². The predicted octanol–water partition coefficient (Wildman–Crippen LogP) is 4.65. The Balaban J connectivity index is 1.92. The standard InChI is InChI=1S/C26H32N2O4/c1-17(2)16-32-21-12-10-20(11-13-21)23-24(27-22-9-7-6-8-19(22)5)26(30)28(25(23)29)14-15-31-18(3)4/h6-13,17-18,27H,14-16H2,1-5H3. The fourth-order valence-electron chi connectivity index (χ4n) is 3.37. The third-order valence-electron chi connectivity index (χ3n) is 5.07. The van der Waals surface area contributed by atoms with Crippen molar-refractivity contribution in [3.8, 4) is 5.75 Å². The summed E-state index contributed by atoms with van der Waals surface area (Å²) < 4.78 is 11.3. The number of aryl methyl sites for hydroxylation is 1. The van der Waals surface area contributed by atoms with Gasteiger partial charge in [-0.15, -0.1) is 0 Å². The minimum absolute atomic E-state index is 0.0261. The molecule has 0 aliphatic carbocycles. The molecule has 2 amide bonds. The van der Waals surface area contributed by atoms with E-state index in [2.05, 4.69) is 19.2 Å². The Morgan fingerprint density at radius 2 is 1.62 bits per heavy atom. The van der Waals surface area contributed by atoms with Crippen LogP contribution in [0.2, 0.25) is 0 Å². The van der Waals surface area contributed by atoms with E-state index in [1.165, 1.54) is 4.90 Å². The second kappa shape index (κ2) is 10.5. The van der Waals surface area contributed by atoms with Crippen LogP contribution in [0.1, 0.15) is 38.8 Å². The quantitative estimate of drug-likeness (QED) is 0.549. The van der Waals surface area contributed by atoms with E-state index >= 15 is 0 Å². The second-order valence-corrected chi connectivity index (χ2v) is 8.60. The van der Waals surface area contributed by atoms with Crippen LogP contribution in [0.3, 0.4) is 0 Å². The van der Waals surface area contributed by atoms with E-state index in [0.29, 0.717) is 30.3 Å². The number of rotatable bonds is 10. The Kier molecular flexibility index (Phi) is 7.70. The maximum absolute atomic E-state index is 13.3. The van der Waals surface area contributed by atoms with E-state index in [1.54, 1.807) is 0 Å². The van der Waals surface area contributed by atoms with Crippen LogP contribution in [0.15, 0.2) is 54.2 Å². The van der Waals surface area contributed by atoms with Crippen molar-refractivity contribution < 1.29 is 19.1 Å². The summed E-state index contributed by atoms with van der Waals surface area (Å²) in [6.45, 7) is 11.1. The predicted molar refractivity (Wildman–Crippen MR) is 126 cm³/mol. The van der Waals surface area contributed by atoms with Gasteiger partial charge in [-0.2, -0.15) is 0 Å². The normalized spacial score (nSPS) is 14.2. The van der Waals surface area contributed by atoms with Crippen LogP contribution in [0, 0.1) is 12.8 Å². The number of benzene rings is 2. The van der Waals surface area contributed by atoms with E-state index < -0.39 is 0 Å². The lowest BCUT2D eigenvalue weighted by Gasteiger charge is -2.16. The van der Waals surface area contributed by atoms with Crippen molar-refractivity contribution in [1.29, 1.82) is 0 Å². The second-order valence-electron chi connectivity index (χ2n) is 8.60. The van der Waals surface area contributed by atoms with E-state index in [0.717, 1.165) is 17.0 Å². The molecular formula is C26H32N2O4. The molecule has 6 heteroatoms. The molecule has 0 saturated carbocycles. The van der Waals surface area contributed by atoms with Crippen molar-refractivity contribution in [2.45, 2.75) is 40.7 Å². The number of nitrogens with one attached hydrogen (secondary N) is 1. The largest absolute Gasteiger partial charge is 0.493 e. The van der Waals surface area contributed by atoms with E-state index in [9.17, 15) is 9.59 Å². The molecule has 0 saturated heterocycles. The molecular weight excluding hydrogens is 404 g/mol. The highest BCUT2D eigenvalue weighted by Gasteiger charge is 2.39. The van der Waals surface area contributed by atoms with Crippen molar-refractivity contribution >= 4 is 23.1 Å². The highest BCUT2D eigenvalue weighted by Crippen LogP contribution is 2.32. The summed E-state index contributed by atoms with van der Waals surface area (Å²) in [7, 11) is 0. The van der Waals surface area contributed by atoms with Crippen molar-refractivity contribution in [2.75, 3.05) is 25.1 Å². The first-order valence-corrected chi connectivity index (χ1v) is 11.1. The number of amides is 2. The number of ether oxygens (including phenoxy) is 2. The van der Waals surface area contributed by atoms with E-state index in [-0.39, 0.29) is 30.2 Å². The van der Waals surface area contributed by atoms with Crippen LogP contribution < -0.4 is 10.1 Å². The lowest BCUT2D eigenvalue weighted by atomic mass is 10.0. The third kappa shape index (κ3) is 5.56. The molecule has 0 spiro atoms. The number of carbonyl (C=O) groups excluding carboxylic acids is 2. The summed E-state index contributed by atoms with van der Waals surface area (Å²) >= 11 is 0. The fraction of sp³-hybridized carbons (Fsp3) is 0.385. The molecule has 6 nitrogen and oxygen atoms in total. The molecule has 1 heterocycles. The first-order chi connectivity index (χ1) is 15.3. The van der Waals surface area contributed by atoms with Crippen molar-refractivity contribution in [2.24, 2.45) is 5.92 Å². The smallest absolute Gasteiger partial charge is 0.278 e. The van der Waals surface area contributed by atoms with Gasteiger partial charge in [-0.3, -0.25) is 14.5 Å². The van der Waals surface area contributed by atoms with Gasteiger partial charge < -0.3 is 14.8 Å². The molecule has 0 fully saturated rings. The van der Waals surface area contributed by atoms with Crippen LogP contribution in [-0.2, 0) is 14.3 Å². The Hall–Kier alpha value is -3.12. The minimum Gasteiger partial charge on any atom is -0.493 e. The first-order valence-electron chi connectivity index (χ1n) is 11.1. The number of imide groups is 1. The Labute approximate surface area is 190 Å². The third-order valence-corrected chi connectivity index (χ3v) is 5.07. The first kappa shape index (κ1) is 23.5. The lowest BCUT2D eigenvalue weighted by Crippen LogP contribution is -2.35. The number of nitrogens with zero attached hydrogens (tertiary/aromatic N) is 1. The lowest BCUT2D eigenvalue weighted by molar-refractivity contribution is -0.137. The molecule has 1 aliphatic heterocycles. The zero-order valence-electron chi connectivity index (χ0n) is 19.5. The van der Waals surface area contributed by atoms with Gasteiger partial charge in [0.25, 0.3) is 11.8 Å². The van der Waals surface area contributed by atoms with Crippen molar-refractivity contribution in [3.63, 3.8) is 0 Å². The SMILES string of the molecule is Cc1ccccc1NC1=C(c2ccc(OCC(C)C)cc2)C(=O)N(CCOC(C)C)C1=O. The summed E-state index contributed by atoms with van der Waals surface area (Å²) in [4.78, 5) is 27.8. The molecule has 2 aromatic rings. The molecule has 0 atom stereocenters. The van der Waals surface area contributed by atoms with Crippen molar-refractivity contribution in [3.05, 3.63) is 65.4 Å². The summed E-state index contributed by atoms with van der Waals surface area (Å²) in [5.41, 5.74) is 3.09. The van der Waals surface area contributed by atoms with Gasteiger partial charge in [0.2, 0.25) is 0 Å². The molecule has 3 rings (SSSR count). The summed E-state index contributed by atoms with van der Waals surface area (Å²) in [6.07, 6.45) is 0.0261. The van der Waals surface area contributed by atoms with Gasteiger partial charge in [0.15, 0.2) is 0 Å². The van der Waals surface area contributed by atoms with Gasteiger partial charge in [-0.25, -0.2) is 0 Å². The fourth-order valence-corrected chi connectivity index (χ4v) is 3.37. The Bertz CT molecular complexity index is 993. The molecule has 1 aliphatic rings. The van der Waals surface area contributed by atoms with Gasteiger partial charge in [-0.1, -0.05) is 44.2 Å². The van der Waals surface area contributed by atoms with Crippen LogP contribution >= 0.6 is 0 Å². The maximum Gasteiger partial charge on any atom is 0.278 e. The maximum atomic E-state index is 13.3. The molecule has 0 aromatic heterocycles. The van der Waals surface area contributed by atoms with Gasteiger partial charge in [0, 0.05) is 5.69 Å². The van der Waals surface area contributed by atoms with Gasteiger partial charge in [0.05, 0.1) is 31.4 Å². The van der Waals surface area contributed by atoms with E-state index in [4.69, 9.17) is 9.47 Å². The highest BCUT2D eigenvalue weighted by atomic mass is 16.5. The highest BCUT2D eigenvalue weighted by molar-refractivity contribution is 6.36. The molecule has 0 radical (unpaired) electrons. The molecule has 1 N–H and O–H groups in total. The number of hydrogen-bond acceptors (Lipinski definition) is 5. The van der Waals surface area contributed by atoms with Crippen LogP contribution in [0.25, 0.3) is 5.57 Å². The number of anilines is 1.